The predicted octanol–water partition coefficient (Wildman–Crippen LogP) is -0.361. The first-order valence-corrected chi connectivity index (χ1v) is 9.40. The number of aromatic nitrogens is 4. The van der Waals surface area contributed by atoms with Gasteiger partial charge in [-0.25, -0.2) is 4.98 Å². The van der Waals surface area contributed by atoms with Crippen LogP contribution in [-0.4, -0.2) is 63.7 Å². The van der Waals surface area contributed by atoms with Gasteiger partial charge in [0.15, 0.2) is 10.8 Å². The van der Waals surface area contributed by atoms with Gasteiger partial charge in [0.1, 0.15) is 23.6 Å². The number of hydrogen-bond donors (Lipinski definition) is 5. The summed E-state index contributed by atoms with van der Waals surface area (Å²) in [4.78, 5) is 29.8. The number of nitrogens with zero attached hydrogens (tertiary/aromatic N) is 4. The molecule has 25 heavy (non-hydrogen) atoms. The van der Waals surface area contributed by atoms with Crippen molar-refractivity contribution in [3.63, 3.8) is 0 Å². The lowest BCUT2D eigenvalue weighted by atomic mass is 9.98. The lowest BCUT2D eigenvalue weighted by Crippen LogP contribution is -2.44. The molecule has 0 spiro atoms. The van der Waals surface area contributed by atoms with Gasteiger partial charge in [-0.05, 0) is 13.3 Å². The Morgan fingerprint density at radius 2 is 2.20 bits per heavy atom. The summed E-state index contributed by atoms with van der Waals surface area (Å²) in [6, 6.07) is -0.736. The molecule has 0 aliphatic heterocycles. The van der Waals surface area contributed by atoms with Crippen molar-refractivity contribution >= 4 is 36.3 Å². The molecule has 1 aliphatic rings. The Morgan fingerprint density at radius 3 is 2.84 bits per heavy atom. The van der Waals surface area contributed by atoms with Crippen LogP contribution in [0.15, 0.2) is 6.33 Å². The zero-order chi connectivity index (χ0) is 18.6. The third-order valence-electron chi connectivity index (χ3n) is 4.27. The molecule has 0 unspecified atom stereocenters. The highest BCUT2D eigenvalue weighted by molar-refractivity contribution is 7.51. The molecular formula is C12H17ClN5O6P. The number of ether oxygens (including phenoxy) is 1. The van der Waals surface area contributed by atoms with Crippen LogP contribution in [0.5, 0.6) is 0 Å². The maximum Gasteiger partial charge on any atom is 0.350 e. The van der Waals surface area contributed by atoms with Gasteiger partial charge in [-0.2, -0.15) is 9.97 Å². The van der Waals surface area contributed by atoms with Crippen LogP contribution < -0.4 is 5.73 Å². The second-order valence-corrected chi connectivity index (χ2v) is 8.06. The molecule has 2 aromatic rings. The normalized spacial score (nSPS) is 30.2. The highest BCUT2D eigenvalue weighted by Crippen LogP contribution is 2.44. The predicted molar refractivity (Wildman–Crippen MR) is 86.8 cm³/mol. The Labute approximate surface area is 146 Å². The minimum Gasteiger partial charge on any atom is -0.387 e. The lowest BCUT2D eigenvalue weighted by molar-refractivity contribution is -0.0994. The van der Waals surface area contributed by atoms with E-state index in [1.165, 1.54) is 17.8 Å². The van der Waals surface area contributed by atoms with Crippen LogP contribution >= 0.6 is 19.2 Å². The van der Waals surface area contributed by atoms with Crippen molar-refractivity contribution in [1.82, 2.24) is 19.5 Å². The van der Waals surface area contributed by atoms with Crippen molar-refractivity contribution < 1.29 is 29.3 Å². The maximum absolute atomic E-state index is 11.0. The SMILES string of the molecule is C[C@@]1(O)[C@H](O)[C@@H](OCP(=O)(O)O)C[C@H]1n1cnc2c(Cl)nc(N)nc21. The number of halogens is 1. The van der Waals surface area contributed by atoms with Gasteiger partial charge in [0.2, 0.25) is 5.95 Å². The largest absolute Gasteiger partial charge is 0.387 e. The summed E-state index contributed by atoms with van der Waals surface area (Å²) in [5.74, 6) is -0.0771. The molecule has 4 atom stereocenters. The number of aliphatic hydroxyl groups excluding tert-OH is 1. The molecule has 13 heteroatoms. The summed E-state index contributed by atoms with van der Waals surface area (Å²) in [6.45, 7) is 1.39. The van der Waals surface area contributed by atoms with E-state index in [0.717, 1.165) is 0 Å². The number of nitrogen functional groups attached to an aromatic ring is 1. The highest BCUT2D eigenvalue weighted by Gasteiger charge is 2.53. The summed E-state index contributed by atoms with van der Waals surface area (Å²) < 4.78 is 17.6. The van der Waals surface area contributed by atoms with Gasteiger partial charge in [-0.1, -0.05) is 11.6 Å². The van der Waals surface area contributed by atoms with Crippen LogP contribution in [0, 0.1) is 0 Å². The van der Waals surface area contributed by atoms with Crippen molar-refractivity contribution in [3.8, 4) is 0 Å². The quantitative estimate of drug-likeness (QED) is 0.340. The molecular weight excluding hydrogens is 377 g/mol. The fourth-order valence-corrected chi connectivity index (χ4v) is 3.64. The Kier molecular flexibility index (Phi) is 4.53. The Bertz CT molecular complexity index is 854. The molecule has 6 N–H and O–H groups in total. The van der Waals surface area contributed by atoms with Crippen LogP contribution in [0.2, 0.25) is 5.15 Å². The average Bonchev–Trinajstić information content (AvgIpc) is 2.97. The summed E-state index contributed by atoms with van der Waals surface area (Å²) in [5, 5.41) is 21.1. The fraction of sp³-hybridized carbons (Fsp3) is 0.583. The van der Waals surface area contributed by atoms with E-state index in [-0.39, 0.29) is 28.7 Å². The van der Waals surface area contributed by atoms with Gasteiger partial charge in [0.05, 0.1) is 18.5 Å². The van der Waals surface area contributed by atoms with E-state index in [1.54, 1.807) is 0 Å². The molecule has 3 rings (SSSR count). The molecule has 0 radical (unpaired) electrons. The number of anilines is 1. The van der Waals surface area contributed by atoms with E-state index in [9.17, 15) is 14.8 Å². The average molecular weight is 394 g/mol. The van der Waals surface area contributed by atoms with Crippen LogP contribution in [0.1, 0.15) is 19.4 Å². The highest BCUT2D eigenvalue weighted by atomic mass is 35.5. The molecule has 1 saturated carbocycles. The van der Waals surface area contributed by atoms with Crippen LogP contribution in [-0.2, 0) is 9.30 Å². The standard InChI is InChI=1S/C12H17ClN5O6P/c1-12(20)6(2-5(8(12)19)24-4-25(21,22)23)18-3-15-7-9(13)16-11(14)17-10(7)18/h3,5-6,8,19-20H,2,4H2,1H3,(H2,14,16,17)(H2,21,22,23)/t5-,6+,8+,12-/m0/s1. The summed E-state index contributed by atoms with van der Waals surface area (Å²) in [6.07, 6.45) is -1.78. The molecule has 0 amide bonds. The molecule has 1 fully saturated rings. The topological polar surface area (TPSA) is 177 Å². The van der Waals surface area contributed by atoms with Crippen molar-refractivity contribution in [2.45, 2.75) is 37.2 Å². The van der Waals surface area contributed by atoms with Crippen LogP contribution in [0.4, 0.5) is 5.95 Å². The third-order valence-corrected chi connectivity index (χ3v) is 5.02. The summed E-state index contributed by atoms with van der Waals surface area (Å²) in [5.41, 5.74) is 4.48. The van der Waals surface area contributed by atoms with Gasteiger partial charge in [0, 0.05) is 0 Å². The van der Waals surface area contributed by atoms with Gasteiger partial charge in [-0.3, -0.25) is 4.57 Å². The first kappa shape index (κ1) is 18.5. The fourth-order valence-electron chi connectivity index (χ4n) is 3.03. The number of aliphatic hydroxyl groups is 2. The zero-order valence-electron chi connectivity index (χ0n) is 13.0. The van der Waals surface area contributed by atoms with Crippen molar-refractivity contribution in [1.29, 1.82) is 0 Å². The van der Waals surface area contributed by atoms with Crippen molar-refractivity contribution in [2.24, 2.45) is 0 Å². The monoisotopic (exact) mass is 393 g/mol. The van der Waals surface area contributed by atoms with E-state index < -0.39 is 37.8 Å². The van der Waals surface area contributed by atoms with Crippen molar-refractivity contribution in [3.05, 3.63) is 11.5 Å². The molecule has 1 aliphatic carbocycles. The first-order valence-electron chi connectivity index (χ1n) is 7.23. The second kappa shape index (κ2) is 6.13. The second-order valence-electron chi connectivity index (χ2n) is 6.12. The molecule has 0 bridgehead atoms. The Morgan fingerprint density at radius 1 is 1.52 bits per heavy atom. The number of fused-ring (bicyclic) bond motifs is 1. The van der Waals surface area contributed by atoms with Crippen molar-refractivity contribution in [2.75, 3.05) is 12.1 Å². The molecule has 2 aromatic heterocycles. The maximum atomic E-state index is 11.0. The number of nitrogens with two attached hydrogens (primary N) is 1. The van der Waals surface area contributed by atoms with E-state index in [0.29, 0.717) is 0 Å². The van der Waals surface area contributed by atoms with Gasteiger partial charge < -0.3 is 35.0 Å². The Hall–Kier alpha value is -1.33. The van der Waals surface area contributed by atoms with Crippen LogP contribution in [0.3, 0.4) is 0 Å². The van der Waals surface area contributed by atoms with E-state index in [1.807, 2.05) is 0 Å². The Balaban J connectivity index is 1.96. The number of rotatable bonds is 4. The third kappa shape index (κ3) is 3.36. The number of hydrogen-bond acceptors (Lipinski definition) is 8. The summed E-state index contributed by atoms with van der Waals surface area (Å²) in [7, 11) is -4.41. The zero-order valence-corrected chi connectivity index (χ0v) is 14.7. The molecule has 0 aromatic carbocycles. The molecule has 0 saturated heterocycles. The van der Waals surface area contributed by atoms with Gasteiger partial charge >= 0.3 is 7.60 Å². The molecule has 11 nitrogen and oxygen atoms in total. The summed E-state index contributed by atoms with van der Waals surface area (Å²) >= 11 is 5.98. The lowest BCUT2D eigenvalue weighted by Gasteiger charge is -2.29. The minimum atomic E-state index is -4.41. The van der Waals surface area contributed by atoms with Gasteiger partial charge in [0.25, 0.3) is 0 Å². The van der Waals surface area contributed by atoms with E-state index in [2.05, 4.69) is 15.0 Å². The minimum absolute atomic E-state index is 0.0498. The van der Waals surface area contributed by atoms with E-state index in [4.69, 9.17) is 31.9 Å². The van der Waals surface area contributed by atoms with Crippen LogP contribution in [0.25, 0.3) is 11.2 Å². The first-order chi connectivity index (χ1) is 11.5. The van der Waals surface area contributed by atoms with Gasteiger partial charge in [-0.15, -0.1) is 0 Å². The number of imidazole rings is 1. The van der Waals surface area contributed by atoms with E-state index >= 15 is 0 Å². The molecule has 138 valence electrons. The smallest absolute Gasteiger partial charge is 0.350 e. The molecule has 2 heterocycles.